The third-order valence-electron chi connectivity index (χ3n) is 4.36. The lowest BCUT2D eigenvalue weighted by atomic mass is 9.90. The van der Waals surface area contributed by atoms with Gasteiger partial charge in [-0.1, -0.05) is 37.8 Å². The summed E-state index contributed by atoms with van der Waals surface area (Å²) >= 11 is 0. The van der Waals surface area contributed by atoms with Crippen molar-refractivity contribution in [3.05, 3.63) is 35.4 Å². The van der Waals surface area contributed by atoms with E-state index in [0.717, 1.165) is 31.9 Å². The number of aliphatic carboxylic acids is 1. The van der Waals surface area contributed by atoms with E-state index in [0.29, 0.717) is 24.0 Å². The Kier molecular flexibility index (Phi) is 5.64. The van der Waals surface area contributed by atoms with Crippen LogP contribution < -0.4 is 5.32 Å². The van der Waals surface area contributed by atoms with Crippen molar-refractivity contribution in [3.8, 4) is 0 Å². The molecule has 1 amide bonds. The molecule has 1 aromatic carbocycles. The second-order valence-corrected chi connectivity index (χ2v) is 8.66. The number of sulfone groups is 1. The van der Waals surface area contributed by atoms with Crippen LogP contribution in [0.5, 0.6) is 0 Å². The van der Waals surface area contributed by atoms with E-state index in [9.17, 15) is 23.1 Å². The van der Waals surface area contributed by atoms with Crippen LogP contribution in [0.2, 0.25) is 0 Å². The first-order valence-corrected chi connectivity index (χ1v) is 10.1. The zero-order valence-electron chi connectivity index (χ0n) is 13.7. The molecule has 1 aromatic rings. The molecule has 7 heteroatoms. The molecule has 0 saturated heterocycles. The first kappa shape index (κ1) is 18.4. The Morgan fingerprint density at radius 2 is 1.62 bits per heavy atom. The molecule has 0 aliphatic heterocycles. The second-order valence-electron chi connectivity index (χ2n) is 6.52. The lowest BCUT2D eigenvalue weighted by molar-refractivity contribution is -0.145. The Balaban J connectivity index is 2.14. The fraction of sp³-hybridized carbons (Fsp3) is 0.529. The number of nitrogens with one attached hydrogen (secondary N) is 1. The summed E-state index contributed by atoms with van der Waals surface area (Å²) < 4.78 is 22.6. The fourth-order valence-electron chi connectivity index (χ4n) is 3.07. The Morgan fingerprint density at radius 1 is 1.08 bits per heavy atom. The molecule has 24 heavy (non-hydrogen) atoms. The number of carbonyl (C=O) groups is 2. The molecule has 1 aliphatic carbocycles. The van der Waals surface area contributed by atoms with Gasteiger partial charge in [0.15, 0.2) is 9.84 Å². The molecule has 2 N–H and O–H groups in total. The minimum absolute atomic E-state index is 0.0893. The van der Waals surface area contributed by atoms with E-state index in [1.165, 1.54) is 12.1 Å². The quantitative estimate of drug-likeness (QED) is 0.790. The molecular formula is C17H23NO5S. The average molecular weight is 353 g/mol. The van der Waals surface area contributed by atoms with E-state index < -0.39 is 27.3 Å². The maximum absolute atomic E-state index is 12.4. The van der Waals surface area contributed by atoms with Crippen molar-refractivity contribution in [2.24, 2.45) is 0 Å². The zero-order chi connectivity index (χ0) is 17.8. The number of hydrogen-bond donors (Lipinski definition) is 2. The van der Waals surface area contributed by atoms with Crippen LogP contribution in [-0.4, -0.2) is 37.2 Å². The van der Waals surface area contributed by atoms with Crippen LogP contribution in [0, 0.1) is 0 Å². The van der Waals surface area contributed by atoms with Crippen LogP contribution >= 0.6 is 0 Å². The SMILES string of the molecule is CS(=O)(=O)Cc1ccc(C(=O)NC2(C(=O)O)CCCCCC2)cc1. The first-order chi connectivity index (χ1) is 11.2. The zero-order valence-corrected chi connectivity index (χ0v) is 14.6. The predicted molar refractivity (Wildman–Crippen MR) is 90.5 cm³/mol. The number of benzene rings is 1. The van der Waals surface area contributed by atoms with E-state index in [2.05, 4.69) is 5.32 Å². The van der Waals surface area contributed by atoms with Gasteiger partial charge < -0.3 is 10.4 Å². The average Bonchev–Trinajstić information content (AvgIpc) is 2.73. The second kappa shape index (κ2) is 7.34. The van der Waals surface area contributed by atoms with Gasteiger partial charge in [-0.25, -0.2) is 13.2 Å². The van der Waals surface area contributed by atoms with Gasteiger partial charge in [-0.2, -0.15) is 0 Å². The van der Waals surface area contributed by atoms with E-state index in [1.54, 1.807) is 12.1 Å². The molecule has 0 bridgehead atoms. The van der Waals surface area contributed by atoms with Gasteiger partial charge in [0.25, 0.3) is 5.91 Å². The fourth-order valence-corrected chi connectivity index (χ4v) is 3.87. The molecule has 0 aromatic heterocycles. The largest absolute Gasteiger partial charge is 0.480 e. The van der Waals surface area contributed by atoms with Crippen LogP contribution in [-0.2, 0) is 20.4 Å². The minimum atomic E-state index is -3.14. The first-order valence-electron chi connectivity index (χ1n) is 8.04. The minimum Gasteiger partial charge on any atom is -0.480 e. The molecule has 0 radical (unpaired) electrons. The summed E-state index contributed by atoms with van der Waals surface area (Å²) in [4.78, 5) is 24.2. The van der Waals surface area contributed by atoms with Crippen molar-refractivity contribution in [2.75, 3.05) is 6.26 Å². The summed E-state index contributed by atoms with van der Waals surface area (Å²) in [5, 5.41) is 12.3. The number of hydrogen-bond acceptors (Lipinski definition) is 4. The predicted octanol–water partition coefficient (Wildman–Crippen LogP) is 2.14. The summed E-state index contributed by atoms with van der Waals surface area (Å²) in [6.45, 7) is 0. The Labute approximate surface area is 142 Å². The summed E-state index contributed by atoms with van der Waals surface area (Å²) in [5.74, 6) is -1.52. The standard InChI is InChI=1S/C17H23NO5S/c1-24(22,23)12-13-6-8-14(9-7-13)15(19)18-17(16(20)21)10-4-2-3-5-11-17/h6-9H,2-5,10-12H2,1H3,(H,18,19)(H,20,21). The Bertz CT molecular complexity index is 701. The highest BCUT2D eigenvalue weighted by molar-refractivity contribution is 7.89. The van der Waals surface area contributed by atoms with Gasteiger partial charge in [0.05, 0.1) is 5.75 Å². The third-order valence-corrected chi connectivity index (χ3v) is 5.22. The van der Waals surface area contributed by atoms with Gasteiger partial charge in [-0.05, 0) is 30.5 Å². The van der Waals surface area contributed by atoms with Crippen molar-refractivity contribution < 1.29 is 23.1 Å². The number of rotatable bonds is 5. The third kappa shape index (κ3) is 4.80. The van der Waals surface area contributed by atoms with E-state index in [4.69, 9.17) is 0 Å². The van der Waals surface area contributed by atoms with Gasteiger partial charge in [-0.15, -0.1) is 0 Å². The molecule has 1 fully saturated rings. The number of carbonyl (C=O) groups excluding carboxylic acids is 1. The highest BCUT2D eigenvalue weighted by Gasteiger charge is 2.40. The molecule has 0 atom stereocenters. The number of amides is 1. The maximum Gasteiger partial charge on any atom is 0.329 e. The van der Waals surface area contributed by atoms with Crippen molar-refractivity contribution in [3.63, 3.8) is 0 Å². The lowest BCUT2D eigenvalue weighted by Gasteiger charge is -2.29. The normalized spacial score (nSPS) is 17.7. The molecule has 2 rings (SSSR count). The van der Waals surface area contributed by atoms with Gasteiger partial charge in [0, 0.05) is 11.8 Å². The Hall–Kier alpha value is -1.89. The molecule has 6 nitrogen and oxygen atoms in total. The highest BCUT2D eigenvalue weighted by Crippen LogP contribution is 2.28. The van der Waals surface area contributed by atoms with Gasteiger partial charge in [0.1, 0.15) is 5.54 Å². The number of carboxylic acid groups (broad SMARTS) is 1. The van der Waals surface area contributed by atoms with Crippen molar-refractivity contribution >= 4 is 21.7 Å². The van der Waals surface area contributed by atoms with Gasteiger partial charge in [-0.3, -0.25) is 4.79 Å². The van der Waals surface area contributed by atoms with Crippen LogP contribution in [0.3, 0.4) is 0 Å². The van der Waals surface area contributed by atoms with Crippen molar-refractivity contribution in [1.82, 2.24) is 5.32 Å². The molecule has 1 aliphatic rings. The summed E-state index contributed by atoms with van der Waals surface area (Å²) in [7, 11) is -3.14. The molecule has 132 valence electrons. The van der Waals surface area contributed by atoms with E-state index in [1.807, 2.05) is 0 Å². The molecule has 0 heterocycles. The van der Waals surface area contributed by atoms with Gasteiger partial charge in [0.2, 0.25) is 0 Å². The lowest BCUT2D eigenvalue weighted by Crippen LogP contribution is -2.54. The maximum atomic E-state index is 12.4. The van der Waals surface area contributed by atoms with Crippen molar-refractivity contribution in [1.29, 1.82) is 0 Å². The Morgan fingerprint density at radius 3 is 2.08 bits per heavy atom. The van der Waals surface area contributed by atoms with Crippen molar-refractivity contribution in [2.45, 2.75) is 49.8 Å². The molecule has 0 spiro atoms. The molecule has 1 saturated carbocycles. The smallest absolute Gasteiger partial charge is 0.329 e. The van der Waals surface area contributed by atoms with E-state index in [-0.39, 0.29) is 5.75 Å². The topological polar surface area (TPSA) is 101 Å². The van der Waals surface area contributed by atoms with Crippen LogP contribution in [0.15, 0.2) is 24.3 Å². The summed E-state index contributed by atoms with van der Waals surface area (Å²) in [6.07, 6.45) is 5.52. The van der Waals surface area contributed by atoms with Crippen LogP contribution in [0.1, 0.15) is 54.4 Å². The van der Waals surface area contributed by atoms with Crippen LogP contribution in [0.4, 0.5) is 0 Å². The van der Waals surface area contributed by atoms with Crippen LogP contribution in [0.25, 0.3) is 0 Å². The monoisotopic (exact) mass is 353 g/mol. The van der Waals surface area contributed by atoms with Gasteiger partial charge >= 0.3 is 5.97 Å². The summed E-state index contributed by atoms with van der Waals surface area (Å²) in [5.41, 5.74) is -0.285. The summed E-state index contributed by atoms with van der Waals surface area (Å²) in [6, 6.07) is 6.22. The van der Waals surface area contributed by atoms with E-state index >= 15 is 0 Å². The molecular weight excluding hydrogens is 330 g/mol. The molecule has 0 unspecified atom stereocenters. The number of carboxylic acids is 1. The highest BCUT2D eigenvalue weighted by atomic mass is 32.2.